The Hall–Kier alpha value is -0.830. The second-order valence-corrected chi connectivity index (χ2v) is 5.21. The van der Waals surface area contributed by atoms with Gasteiger partial charge in [0.05, 0.1) is 11.6 Å². The van der Waals surface area contributed by atoms with Crippen LogP contribution in [-0.4, -0.2) is 5.91 Å². The average Bonchev–Trinajstić information content (AvgIpc) is 2.44. The highest BCUT2D eigenvalue weighted by atomic mass is 79.9. The largest absolute Gasteiger partial charge is 0.345 e. The van der Waals surface area contributed by atoms with E-state index in [2.05, 4.69) is 35.1 Å². The minimum absolute atomic E-state index is 0.0446. The molecule has 0 saturated heterocycles. The van der Waals surface area contributed by atoms with Crippen molar-refractivity contribution in [2.75, 3.05) is 0 Å². The van der Waals surface area contributed by atoms with Gasteiger partial charge in [0.1, 0.15) is 0 Å². The highest BCUT2D eigenvalue weighted by Crippen LogP contribution is 2.33. The first kappa shape index (κ1) is 10.7. The van der Waals surface area contributed by atoms with Crippen LogP contribution in [0.5, 0.6) is 0 Å². The summed E-state index contributed by atoms with van der Waals surface area (Å²) in [5.74, 6) is 0.628. The summed E-state index contributed by atoms with van der Waals surface area (Å²) in [6.45, 7) is 4.34. The minimum Gasteiger partial charge on any atom is -0.345 e. The highest BCUT2D eigenvalue weighted by Gasteiger charge is 2.30. The molecular weight excluding hydrogens is 254 g/mol. The van der Waals surface area contributed by atoms with E-state index >= 15 is 0 Å². The van der Waals surface area contributed by atoms with Crippen LogP contribution in [-0.2, 0) is 0 Å². The first-order chi connectivity index (χ1) is 7.09. The molecule has 1 unspecified atom stereocenters. The fourth-order valence-corrected chi connectivity index (χ4v) is 2.60. The average molecular weight is 268 g/mol. The molecule has 1 aromatic rings. The van der Waals surface area contributed by atoms with Gasteiger partial charge in [-0.05, 0) is 39.9 Å². The van der Waals surface area contributed by atoms with E-state index < -0.39 is 0 Å². The number of rotatable bonds is 2. The summed E-state index contributed by atoms with van der Waals surface area (Å²) in [6, 6.07) is 6.11. The van der Waals surface area contributed by atoms with E-state index in [0.717, 1.165) is 22.0 Å². The quantitative estimate of drug-likeness (QED) is 0.876. The number of hydrogen-bond donors (Lipinski definition) is 1. The standard InChI is InChI=1S/C12H14BrNO/c1-7(2)6-10-8-4-3-5-9(13)11(8)12(15)14-10/h3-5,7,10H,6H2,1-2H3,(H,14,15). The monoisotopic (exact) mass is 267 g/mol. The second kappa shape index (κ2) is 3.97. The summed E-state index contributed by atoms with van der Waals surface area (Å²) < 4.78 is 0.892. The molecule has 1 aliphatic rings. The lowest BCUT2D eigenvalue weighted by molar-refractivity contribution is 0.0952. The molecule has 1 amide bonds. The summed E-state index contributed by atoms with van der Waals surface area (Å²) in [6.07, 6.45) is 0.995. The number of nitrogens with one attached hydrogen (secondary N) is 1. The van der Waals surface area contributed by atoms with Gasteiger partial charge in [0.2, 0.25) is 0 Å². The van der Waals surface area contributed by atoms with Crippen molar-refractivity contribution >= 4 is 21.8 Å². The molecule has 0 saturated carbocycles. The molecule has 0 aromatic heterocycles. The van der Waals surface area contributed by atoms with Crippen molar-refractivity contribution in [1.82, 2.24) is 5.32 Å². The van der Waals surface area contributed by atoms with Gasteiger partial charge in [-0.2, -0.15) is 0 Å². The molecule has 2 rings (SSSR count). The van der Waals surface area contributed by atoms with Gasteiger partial charge >= 0.3 is 0 Å². The maximum atomic E-state index is 11.7. The van der Waals surface area contributed by atoms with Crippen LogP contribution < -0.4 is 5.32 Å². The normalized spacial score (nSPS) is 19.2. The Kier molecular flexibility index (Phi) is 2.83. The van der Waals surface area contributed by atoms with Crippen LogP contribution in [0.15, 0.2) is 22.7 Å². The number of hydrogen-bond acceptors (Lipinski definition) is 1. The highest BCUT2D eigenvalue weighted by molar-refractivity contribution is 9.10. The van der Waals surface area contributed by atoms with Crippen LogP contribution in [0.3, 0.4) is 0 Å². The van der Waals surface area contributed by atoms with Crippen molar-refractivity contribution in [3.8, 4) is 0 Å². The van der Waals surface area contributed by atoms with E-state index in [1.807, 2.05) is 18.2 Å². The van der Waals surface area contributed by atoms with E-state index in [0.29, 0.717) is 5.92 Å². The summed E-state index contributed by atoms with van der Waals surface area (Å²) in [4.78, 5) is 11.7. The Morgan fingerprint density at radius 3 is 2.87 bits per heavy atom. The molecule has 2 nitrogen and oxygen atoms in total. The van der Waals surface area contributed by atoms with E-state index in [4.69, 9.17) is 0 Å². The zero-order chi connectivity index (χ0) is 11.0. The molecule has 0 spiro atoms. The van der Waals surface area contributed by atoms with Crippen LogP contribution in [0.25, 0.3) is 0 Å². The zero-order valence-corrected chi connectivity index (χ0v) is 10.5. The van der Waals surface area contributed by atoms with Gasteiger partial charge in [0, 0.05) is 4.47 Å². The maximum absolute atomic E-state index is 11.7. The third-order valence-corrected chi connectivity index (χ3v) is 3.32. The number of carbonyl (C=O) groups is 1. The summed E-state index contributed by atoms with van der Waals surface area (Å²) >= 11 is 3.42. The first-order valence-corrected chi connectivity index (χ1v) is 5.98. The smallest absolute Gasteiger partial charge is 0.253 e. The summed E-state index contributed by atoms with van der Waals surface area (Å²) in [7, 11) is 0. The molecule has 1 aromatic carbocycles. The fraction of sp³-hybridized carbons (Fsp3) is 0.417. The predicted molar refractivity (Wildman–Crippen MR) is 63.8 cm³/mol. The molecule has 0 bridgehead atoms. The van der Waals surface area contributed by atoms with Crippen molar-refractivity contribution in [3.05, 3.63) is 33.8 Å². The van der Waals surface area contributed by atoms with Crippen molar-refractivity contribution in [1.29, 1.82) is 0 Å². The molecule has 0 radical (unpaired) electrons. The Labute approximate surface area is 98.2 Å². The molecule has 0 fully saturated rings. The number of amides is 1. The SMILES string of the molecule is CC(C)CC1NC(=O)c2c(Br)cccc21. The lowest BCUT2D eigenvalue weighted by atomic mass is 9.97. The number of carbonyl (C=O) groups excluding carboxylic acids is 1. The fourth-order valence-electron chi connectivity index (χ4n) is 2.04. The van der Waals surface area contributed by atoms with Crippen molar-refractivity contribution in [3.63, 3.8) is 0 Å². The predicted octanol–water partition coefficient (Wildman–Crippen LogP) is 3.28. The van der Waals surface area contributed by atoms with E-state index in [-0.39, 0.29) is 11.9 Å². The maximum Gasteiger partial charge on any atom is 0.253 e. The van der Waals surface area contributed by atoms with Gasteiger partial charge in [-0.1, -0.05) is 26.0 Å². The number of benzene rings is 1. The van der Waals surface area contributed by atoms with Gasteiger partial charge in [0.25, 0.3) is 5.91 Å². The van der Waals surface area contributed by atoms with Crippen LogP contribution in [0.1, 0.15) is 42.2 Å². The molecular formula is C12H14BrNO. The minimum atomic E-state index is 0.0446. The third kappa shape index (κ3) is 1.93. The van der Waals surface area contributed by atoms with E-state index in [9.17, 15) is 4.79 Å². The van der Waals surface area contributed by atoms with E-state index in [1.165, 1.54) is 0 Å². The molecule has 1 atom stereocenters. The molecule has 1 aliphatic heterocycles. The van der Waals surface area contributed by atoms with Gasteiger partial charge in [0.15, 0.2) is 0 Å². The van der Waals surface area contributed by atoms with Crippen molar-refractivity contribution in [2.45, 2.75) is 26.3 Å². The first-order valence-electron chi connectivity index (χ1n) is 5.19. The topological polar surface area (TPSA) is 29.1 Å². The van der Waals surface area contributed by atoms with Crippen LogP contribution >= 0.6 is 15.9 Å². The number of halogens is 1. The molecule has 1 N–H and O–H groups in total. The Morgan fingerprint density at radius 2 is 2.20 bits per heavy atom. The Bertz CT molecular complexity index is 401. The zero-order valence-electron chi connectivity index (χ0n) is 8.88. The molecule has 3 heteroatoms. The second-order valence-electron chi connectivity index (χ2n) is 4.36. The van der Waals surface area contributed by atoms with Crippen LogP contribution in [0, 0.1) is 5.92 Å². The van der Waals surface area contributed by atoms with E-state index in [1.54, 1.807) is 0 Å². The lowest BCUT2D eigenvalue weighted by Crippen LogP contribution is -2.20. The Balaban J connectivity index is 2.38. The molecule has 0 aliphatic carbocycles. The lowest BCUT2D eigenvalue weighted by Gasteiger charge is -2.13. The van der Waals surface area contributed by atoms with Gasteiger partial charge < -0.3 is 5.32 Å². The van der Waals surface area contributed by atoms with Crippen molar-refractivity contribution < 1.29 is 4.79 Å². The summed E-state index contributed by atoms with van der Waals surface area (Å²) in [5, 5.41) is 3.02. The summed E-state index contributed by atoms with van der Waals surface area (Å²) in [5.41, 5.74) is 1.94. The van der Waals surface area contributed by atoms with Crippen LogP contribution in [0.4, 0.5) is 0 Å². The molecule has 15 heavy (non-hydrogen) atoms. The Morgan fingerprint density at radius 1 is 1.47 bits per heavy atom. The van der Waals surface area contributed by atoms with Gasteiger partial charge in [-0.3, -0.25) is 4.79 Å². The van der Waals surface area contributed by atoms with Gasteiger partial charge in [-0.25, -0.2) is 0 Å². The number of fused-ring (bicyclic) bond motifs is 1. The molecule has 80 valence electrons. The van der Waals surface area contributed by atoms with Gasteiger partial charge in [-0.15, -0.1) is 0 Å². The molecule has 1 heterocycles. The van der Waals surface area contributed by atoms with Crippen molar-refractivity contribution in [2.24, 2.45) is 5.92 Å². The van der Waals surface area contributed by atoms with Crippen LogP contribution in [0.2, 0.25) is 0 Å². The third-order valence-electron chi connectivity index (χ3n) is 2.66.